The molecule has 1 aliphatic rings. The maximum atomic E-state index is 13.1. The van der Waals surface area contributed by atoms with Gasteiger partial charge in [0.1, 0.15) is 5.54 Å². The summed E-state index contributed by atoms with van der Waals surface area (Å²) >= 11 is 24.4. The van der Waals surface area contributed by atoms with Gasteiger partial charge in [0.15, 0.2) is 11.6 Å². The standard InChI is InChI=1S/C16H17Cl4NO2/c1-4-6-15(3,5-2)16(21)13(22)7-8(14(16)23)10(18)12(20)11(19)9(7)17/h4-6,21H2,1-3H3. The van der Waals surface area contributed by atoms with Gasteiger partial charge in [-0.2, -0.15) is 0 Å². The van der Waals surface area contributed by atoms with Gasteiger partial charge < -0.3 is 5.73 Å². The van der Waals surface area contributed by atoms with Gasteiger partial charge in [-0.1, -0.05) is 73.6 Å². The number of nitrogens with two attached hydrogens (primary N) is 1. The van der Waals surface area contributed by atoms with Crippen molar-refractivity contribution in [3.8, 4) is 0 Å². The summed E-state index contributed by atoms with van der Waals surface area (Å²) in [7, 11) is 0. The molecule has 1 aliphatic carbocycles. The number of carbonyl (C=O) groups is 2. The number of fused-ring (bicyclic) bond motifs is 1. The molecular weight excluding hydrogens is 380 g/mol. The molecule has 2 N–H and O–H groups in total. The molecule has 0 heterocycles. The molecule has 23 heavy (non-hydrogen) atoms. The molecule has 1 aromatic carbocycles. The van der Waals surface area contributed by atoms with Gasteiger partial charge in [0, 0.05) is 5.41 Å². The number of carbonyl (C=O) groups excluding carboxylic acids is 2. The van der Waals surface area contributed by atoms with Crippen LogP contribution in [0.5, 0.6) is 0 Å². The summed E-state index contributed by atoms with van der Waals surface area (Å²) in [6, 6.07) is 0. The zero-order chi connectivity index (χ0) is 17.7. The van der Waals surface area contributed by atoms with E-state index in [-0.39, 0.29) is 31.2 Å². The van der Waals surface area contributed by atoms with Crippen molar-refractivity contribution in [2.24, 2.45) is 11.1 Å². The van der Waals surface area contributed by atoms with Crippen molar-refractivity contribution in [2.75, 3.05) is 0 Å². The summed E-state index contributed by atoms with van der Waals surface area (Å²) < 4.78 is 0. The molecule has 0 aromatic heterocycles. The van der Waals surface area contributed by atoms with Crippen LogP contribution in [0, 0.1) is 5.41 Å². The van der Waals surface area contributed by atoms with Gasteiger partial charge in [-0.15, -0.1) is 0 Å². The van der Waals surface area contributed by atoms with Crippen molar-refractivity contribution in [3.63, 3.8) is 0 Å². The predicted octanol–water partition coefficient (Wildman–Crippen LogP) is 5.59. The number of hydrogen-bond acceptors (Lipinski definition) is 3. The molecule has 0 saturated heterocycles. The lowest BCUT2D eigenvalue weighted by atomic mass is 9.64. The van der Waals surface area contributed by atoms with E-state index >= 15 is 0 Å². The van der Waals surface area contributed by atoms with E-state index in [1.54, 1.807) is 0 Å². The van der Waals surface area contributed by atoms with Crippen LogP contribution >= 0.6 is 46.4 Å². The summed E-state index contributed by atoms with van der Waals surface area (Å²) in [6.07, 6.45) is 1.95. The predicted molar refractivity (Wildman–Crippen MR) is 95.4 cm³/mol. The molecule has 1 aromatic rings. The third-order valence-electron chi connectivity index (χ3n) is 4.97. The molecule has 0 saturated carbocycles. The highest BCUT2D eigenvalue weighted by Crippen LogP contribution is 2.52. The number of benzene rings is 1. The second-order valence-electron chi connectivity index (χ2n) is 6.14. The van der Waals surface area contributed by atoms with Gasteiger partial charge in [-0.05, 0) is 12.8 Å². The maximum absolute atomic E-state index is 13.1. The van der Waals surface area contributed by atoms with Crippen molar-refractivity contribution in [2.45, 2.75) is 45.6 Å². The fourth-order valence-corrected chi connectivity index (χ4v) is 4.33. The Morgan fingerprint density at radius 3 is 1.61 bits per heavy atom. The molecule has 126 valence electrons. The molecule has 1 unspecified atom stereocenters. The van der Waals surface area contributed by atoms with Crippen LogP contribution in [0.25, 0.3) is 0 Å². The van der Waals surface area contributed by atoms with E-state index < -0.39 is 22.5 Å². The normalized spacial score (nSPS) is 19.0. The smallest absolute Gasteiger partial charge is 0.193 e. The van der Waals surface area contributed by atoms with E-state index in [4.69, 9.17) is 52.1 Å². The van der Waals surface area contributed by atoms with Crippen molar-refractivity contribution < 1.29 is 9.59 Å². The van der Waals surface area contributed by atoms with Crippen LogP contribution in [0.2, 0.25) is 20.1 Å². The Balaban J connectivity index is 2.81. The van der Waals surface area contributed by atoms with Crippen molar-refractivity contribution >= 4 is 58.0 Å². The topological polar surface area (TPSA) is 60.2 Å². The summed E-state index contributed by atoms with van der Waals surface area (Å²) in [6.45, 7) is 5.71. The first-order valence-electron chi connectivity index (χ1n) is 7.32. The average molecular weight is 397 g/mol. The second-order valence-corrected chi connectivity index (χ2v) is 7.65. The van der Waals surface area contributed by atoms with E-state index in [2.05, 4.69) is 0 Å². The van der Waals surface area contributed by atoms with Crippen LogP contribution in [0.4, 0.5) is 0 Å². The quantitative estimate of drug-likeness (QED) is 0.409. The molecule has 3 nitrogen and oxygen atoms in total. The molecular formula is C16H17Cl4NO2. The van der Waals surface area contributed by atoms with Gasteiger partial charge in [0.05, 0.1) is 31.2 Å². The van der Waals surface area contributed by atoms with Gasteiger partial charge >= 0.3 is 0 Å². The van der Waals surface area contributed by atoms with Gasteiger partial charge in [0.2, 0.25) is 0 Å². The Kier molecular flexibility index (Phi) is 5.12. The highest BCUT2D eigenvalue weighted by atomic mass is 35.5. The highest BCUT2D eigenvalue weighted by molar-refractivity contribution is 6.56. The Morgan fingerprint density at radius 1 is 0.913 bits per heavy atom. The lowest BCUT2D eigenvalue weighted by molar-refractivity contribution is 0.0572. The second kappa shape index (κ2) is 6.20. The van der Waals surface area contributed by atoms with E-state index in [0.717, 1.165) is 6.42 Å². The molecule has 1 atom stereocenters. The minimum Gasteiger partial charge on any atom is -0.312 e. The fraction of sp³-hybridized carbons (Fsp3) is 0.500. The van der Waals surface area contributed by atoms with Gasteiger partial charge in [-0.25, -0.2) is 0 Å². The Morgan fingerprint density at radius 2 is 1.30 bits per heavy atom. The molecule has 0 fully saturated rings. The van der Waals surface area contributed by atoms with Crippen molar-refractivity contribution in [1.82, 2.24) is 0 Å². The van der Waals surface area contributed by atoms with Crippen LogP contribution in [-0.2, 0) is 0 Å². The van der Waals surface area contributed by atoms with Crippen LogP contribution in [-0.4, -0.2) is 17.1 Å². The van der Waals surface area contributed by atoms with E-state index in [9.17, 15) is 9.59 Å². The van der Waals surface area contributed by atoms with Crippen molar-refractivity contribution in [3.05, 3.63) is 31.2 Å². The molecule has 0 aliphatic heterocycles. The summed E-state index contributed by atoms with van der Waals surface area (Å²) in [5.74, 6) is -1.08. The number of hydrogen-bond donors (Lipinski definition) is 1. The van der Waals surface area contributed by atoms with Crippen LogP contribution in [0.1, 0.15) is 60.7 Å². The zero-order valence-electron chi connectivity index (χ0n) is 13.0. The zero-order valence-corrected chi connectivity index (χ0v) is 16.1. The lowest BCUT2D eigenvalue weighted by Crippen LogP contribution is -2.62. The first-order chi connectivity index (χ1) is 10.6. The summed E-state index contributed by atoms with van der Waals surface area (Å²) in [5.41, 5.74) is 3.93. The third kappa shape index (κ3) is 2.36. The number of halogens is 4. The number of Topliss-reactive ketones (excluding diaryl/α,β-unsaturated/α-hetero) is 2. The number of rotatable bonds is 4. The van der Waals surface area contributed by atoms with Crippen molar-refractivity contribution in [1.29, 1.82) is 0 Å². The maximum Gasteiger partial charge on any atom is 0.193 e. The van der Waals surface area contributed by atoms with Crippen LogP contribution < -0.4 is 5.73 Å². The van der Waals surface area contributed by atoms with E-state index in [1.165, 1.54) is 0 Å². The minimum atomic E-state index is -1.72. The van der Waals surface area contributed by atoms with Crippen LogP contribution in [0.15, 0.2) is 0 Å². The third-order valence-corrected chi connectivity index (χ3v) is 6.77. The minimum absolute atomic E-state index is 0.0191. The Hall–Kier alpha value is -0.320. The Bertz CT molecular complexity index is 670. The monoisotopic (exact) mass is 395 g/mol. The lowest BCUT2D eigenvalue weighted by Gasteiger charge is -2.40. The number of ketones is 2. The first-order valence-corrected chi connectivity index (χ1v) is 8.84. The SMILES string of the molecule is CCCC(C)(CC)C1(N)C(=O)c2c(Cl)c(Cl)c(Cl)c(Cl)c2C1=O. The van der Waals surface area contributed by atoms with E-state index in [0.29, 0.717) is 12.8 Å². The average Bonchev–Trinajstić information content (AvgIpc) is 2.73. The molecule has 0 spiro atoms. The van der Waals surface area contributed by atoms with Gasteiger partial charge in [0.25, 0.3) is 0 Å². The van der Waals surface area contributed by atoms with Gasteiger partial charge in [-0.3, -0.25) is 9.59 Å². The van der Waals surface area contributed by atoms with E-state index in [1.807, 2.05) is 20.8 Å². The molecule has 7 heteroatoms. The van der Waals surface area contributed by atoms with Crippen LogP contribution in [0.3, 0.4) is 0 Å². The summed E-state index contributed by atoms with van der Waals surface area (Å²) in [4.78, 5) is 26.1. The highest BCUT2D eigenvalue weighted by Gasteiger charge is 2.61. The molecule has 2 rings (SSSR count). The Labute approximate surface area is 155 Å². The molecule has 0 bridgehead atoms. The summed E-state index contributed by atoms with van der Waals surface area (Å²) in [5, 5.41) is -0.235. The first kappa shape index (κ1) is 19.0. The largest absolute Gasteiger partial charge is 0.312 e. The molecule has 0 radical (unpaired) electrons. The fourth-order valence-electron chi connectivity index (χ4n) is 3.31. The molecule has 0 amide bonds.